The van der Waals surface area contributed by atoms with Crippen LogP contribution < -0.4 is 0 Å². The Labute approximate surface area is 142 Å². The zero-order valence-corrected chi connectivity index (χ0v) is 13.7. The Morgan fingerprint density at radius 1 is 0.583 bits per heavy atom. The second kappa shape index (κ2) is 4.37. The van der Waals surface area contributed by atoms with E-state index in [-0.39, 0.29) is 0 Å². The van der Waals surface area contributed by atoms with Crippen molar-refractivity contribution >= 4 is 64.1 Å². The van der Waals surface area contributed by atoms with E-state index < -0.39 is 0 Å². The van der Waals surface area contributed by atoms with E-state index in [4.69, 9.17) is 0 Å². The first kappa shape index (κ1) is 12.6. The Balaban J connectivity index is 1.97. The zero-order valence-electron chi connectivity index (χ0n) is 12.8. The van der Waals surface area contributed by atoms with E-state index in [2.05, 4.69) is 77.8 Å². The van der Waals surface area contributed by atoms with Crippen molar-refractivity contribution in [3.8, 4) is 0 Å². The van der Waals surface area contributed by atoms with Gasteiger partial charge in [-0.05, 0) is 29.0 Å². The van der Waals surface area contributed by atoms with Gasteiger partial charge in [-0.15, -0.1) is 11.3 Å². The SMILES string of the molecule is c1ccc2c(c1)ccc1[nH]c3ccc4c5ccccc5sc4c3c12. The van der Waals surface area contributed by atoms with Crippen LogP contribution in [0.4, 0.5) is 0 Å². The number of hydrogen-bond donors (Lipinski definition) is 1. The Hall–Kier alpha value is -2.84. The van der Waals surface area contributed by atoms with E-state index in [0.717, 1.165) is 0 Å². The molecule has 24 heavy (non-hydrogen) atoms. The van der Waals surface area contributed by atoms with Crippen molar-refractivity contribution in [2.75, 3.05) is 0 Å². The van der Waals surface area contributed by atoms with Crippen molar-refractivity contribution in [1.29, 1.82) is 0 Å². The number of fused-ring (bicyclic) bond motifs is 9. The Bertz CT molecular complexity index is 1400. The molecule has 2 aromatic heterocycles. The highest BCUT2D eigenvalue weighted by atomic mass is 32.1. The number of aromatic nitrogens is 1. The molecule has 0 saturated carbocycles. The summed E-state index contributed by atoms with van der Waals surface area (Å²) in [5, 5.41) is 8.04. The molecule has 1 nitrogen and oxygen atoms in total. The highest BCUT2D eigenvalue weighted by molar-refractivity contribution is 7.26. The smallest absolute Gasteiger partial charge is 0.0479 e. The summed E-state index contributed by atoms with van der Waals surface area (Å²) in [5.74, 6) is 0. The predicted octanol–water partition coefficient (Wildman–Crippen LogP) is 6.84. The third-order valence-electron chi connectivity index (χ3n) is 5.00. The molecule has 6 rings (SSSR count). The lowest BCUT2D eigenvalue weighted by Crippen LogP contribution is -1.74. The maximum atomic E-state index is 3.61. The first-order valence-electron chi connectivity index (χ1n) is 8.13. The van der Waals surface area contributed by atoms with Crippen LogP contribution in [-0.2, 0) is 0 Å². The van der Waals surface area contributed by atoms with Crippen molar-refractivity contribution in [3.05, 3.63) is 72.8 Å². The van der Waals surface area contributed by atoms with Gasteiger partial charge in [0.1, 0.15) is 0 Å². The number of nitrogens with one attached hydrogen (secondary N) is 1. The minimum Gasteiger partial charge on any atom is -0.354 e. The average molecular weight is 323 g/mol. The minimum absolute atomic E-state index is 1.22. The third kappa shape index (κ3) is 1.49. The molecule has 2 heterocycles. The predicted molar refractivity (Wildman–Crippen MR) is 106 cm³/mol. The van der Waals surface area contributed by atoms with E-state index in [9.17, 15) is 0 Å². The van der Waals surface area contributed by atoms with Crippen LogP contribution in [0.5, 0.6) is 0 Å². The second-order valence-electron chi connectivity index (χ2n) is 6.30. The van der Waals surface area contributed by atoms with Gasteiger partial charge in [0.15, 0.2) is 0 Å². The van der Waals surface area contributed by atoms with Crippen LogP contribution >= 0.6 is 11.3 Å². The van der Waals surface area contributed by atoms with Gasteiger partial charge in [0.05, 0.1) is 0 Å². The van der Waals surface area contributed by atoms with Crippen LogP contribution in [0.15, 0.2) is 72.8 Å². The van der Waals surface area contributed by atoms with Crippen LogP contribution in [0, 0.1) is 0 Å². The van der Waals surface area contributed by atoms with Gasteiger partial charge in [-0.3, -0.25) is 0 Å². The number of H-pyrrole nitrogens is 1. The van der Waals surface area contributed by atoms with E-state index in [1.165, 1.54) is 52.8 Å². The lowest BCUT2D eigenvalue weighted by atomic mass is 10.0. The standard InChI is InChI=1S/C22H13NS/c1-2-6-14-13(5-1)9-11-17-20(14)21-18(23-17)12-10-16-15-7-3-4-8-19(15)24-22(16)21/h1-12,23H. The van der Waals surface area contributed by atoms with Crippen molar-refractivity contribution in [3.63, 3.8) is 0 Å². The van der Waals surface area contributed by atoms with Gasteiger partial charge >= 0.3 is 0 Å². The third-order valence-corrected chi connectivity index (χ3v) is 6.20. The molecule has 0 radical (unpaired) electrons. The molecule has 0 atom stereocenters. The van der Waals surface area contributed by atoms with Crippen LogP contribution in [0.3, 0.4) is 0 Å². The van der Waals surface area contributed by atoms with Crippen LogP contribution in [0.2, 0.25) is 0 Å². The van der Waals surface area contributed by atoms with Gasteiger partial charge < -0.3 is 4.98 Å². The number of rotatable bonds is 0. The minimum atomic E-state index is 1.22. The number of benzene rings is 4. The Morgan fingerprint density at radius 2 is 1.33 bits per heavy atom. The highest BCUT2D eigenvalue weighted by Crippen LogP contribution is 2.42. The van der Waals surface area contributed by atoms with Crippen LogP contribution in [-0.4, -0.2) is 4.98 Å². The fourth-order valence-electron chi connectivity index (χ4n) is 3.93. The van der Waals surface area contributed by atoms with Crippen LogP contribution in [0.25, 0.3) is 52.8 Å². The maximum Gasteiger partial charge on any atom is 0.0479 e. The van der Waals surface area contributed by atoms with Crippen molar-refractivity contribution in [2.45, 2.75) is 0 Å². The molecule has 0 aliphatic carbocycles. The van der Waals surface area contributed by atoms with Crippen molar-refractivity contribution in [2.24, 2.45) is 0 Å². The van der Waals surface area contributed by atoms with Crippen molar-refractivity contribution in [1.82, 2.24) is 4.98 Å². The molecule has 0 aliphatic heterocycles. The molecule has 0 amide bonds. The topological polar surface area (TPSA) is 15.8 Å². The second-order valence-corrected chi connectivity index (χ2v) is 7.35. The van der Waals surface area contributed by atoms with Gasteiger partial charge in [-0.25, -0.2) is 0 Å². The fraction of sp³-hybridized carbons (Fsp3) is 0. The quantitative estimate of drug-likeness (QED) is 0.315. The normalized spacial score (nSPS) is 12.2. The zero-order chi connectivity index (χ0) is 15.7. The maximum absolute atomic E-state index is 3.61. The first-order valence-corrected chi connectivity index (χ1v) is 8.95. The van der Waals surface area contributed by atoms with Gasteiger partial charge in [0, 0.05) is 42.0 Å². The number of hydrogen-bond acceptors (Lipinski definition) is 1. The summed E-state index contributed by atoms with van der Waals surface area (Å²) in [4.78, 5) is 3.61. The summed E-state index contributed by atoms with van der Waals surface area (Å²) < 4.78 is 2.74. The molecular weight excluding hydrogens is 310 g/mol. The molecule has 0 spiro atoms. The average Bonchev–Trinajstić information content (AvgIpc) is 3.19. The summed E-state index contributed by atoms with van der Waals surface area (Å²) in [6.07, 6.45) is 0. The van der Waals surface area contributed by atoms with Gasteiger partial charge in [0.25, 0.3) is 0 Å². The summed E-state index contributed by atoms with van der Waals surface area (Å²) >= 11 is 1.90. The number of thiophene rings is 1. The Kier molecular flexibility index (Phi) is 2.29. The highest BCUT2D eigenvalue weighted by Gasteiger charge is 2.14. The van der Waals surface area contributed by atoms with E-state index >= 15 is 0 Å². The molecule has 0 saturated heterocycles. The monoisotopic (exact) mass is 323 g/mol. The van der Waals surface area contributed by atoms with Crippen molar-refractivity contribution < 1.29 is 0 Å². The molecule has 1 N–H and O–H groups in total. The molecule has 2 heteroatoms. The lowest BCUT2D eigenvalue weighted by molar-refractivity contribution is 1.56. The fourth-order valence-corrected chi connectivity index (χ4v) is 5.19. The van der Waals surface area contributed by atoms with Gasteiger partial charge in [-0.2, -0.15) is 0 Å². The summed E-state index contributed by atoms with van der Waals surface area (Å²) in [7, 11) is 0. The summed E-state index contributed by atoms with van der Waals surface area (Å²) in [6.45, 7) is 0. The van der Waals surface area contributed by atoms with Gasteiger partial charge in [0.2, 0.25) is 0 Å². The van der Waals surface area contributed by atoms with Gasteiger partial charge in [-0.1, -0.05) is 54.6 Å². The summed E-state index contributed by atoms with van der Waals surface area (Å²) in [5.41, 5.74) is 2.44. The van der Waals surface area contributed by atoms with E-state index in [1.54, 1.807) is 0 Å². The molecular formula is C22H13NS. The number of aromatic amines is 1. The molecule has 0 unspecified atom stereocenters. The molecule has 6 aromatic rings. The molecule has 0 fully saturated rings. The van der Waals surface area contributed by atoms with E-state index in [1.807, 2.05) is 11.3 Å². The summed E-state index contributed by atoms with van der Waals surface area (Å²) in [6, 6.07) is 26.3. The molecule has 0 aliphatic rings. The molecule has 112 valence electrons. The first-order chi connectivity index (χ1) is 11.9. The Morgan fingerprint density at radius 3 is 2.29 bits per heavy atom. The lowest BCUT2D eigenvalue weighted by Gasteiger charge is -2.00. The van der Waals surface area contributed by atoms with E-state index in [0.29, 0.717) is 0 Å². The molecule has 0 bridgehead atoms. The molecule has 4 aromatic carbocycles. The van der Waals surface area contributed by atoms with Crippen LogP contribution in [0.1, 0.15) is 0 Å². The largest absolute Gasteiger partial charge is 0.354 e.